The Hall–Kier alpha value is 1.92. The molecule has 0 aromatic carbocycles. The molecule has 0 spiro atoms. The topological polar surface area (TPSA) is 0 Å². The van der Waals surface area contributed by atoms with Gasteiger partial charge in [-0.15, -0.1) is 34.8 Å². The van der Waals surface area contributed by atoms with Crippen LogP contribution in [0.4, 0.5) is 0 Å². The fraction of sp³-hybridized carbons (Fsp3) is 1.00. The van der Waals surface area contributed by atoms with Crippen molar-refractivity contribution in [1.29, 1.82) is 0 Å². The fourth-order valence-corrected chi connectivity index (χ4v) is 3.91. The van der Waals surface area contributed by atoms with E-state index in [4.69, 9.17) is 34.8 Å². The van der Waals surface area contributed by atoms with E-state index < -0.39 is 4.84 Å². The van der Waals surface area contributed by atoms with Gasteiger partial charge in [-0.2, -0.15) is 37.9 Å². The van der Waals surface area contributed by atoms with Crippen LogP contribution in [0.5, 0.6) is 0 Å². The van der Waals surface area contributed by atoms with Crippen molar-refractivity contribution in [3.8, 4) is 0 Å². The second-order valence-electron chi connectivity index (χ2n) is 4.57. The van der Waals surface area contributed by atoms with Crippen LogP contribution in [-0.2, 0) is 0 Å². The Morgan fingerprint density at radius 1 is 0.944 bits per heavy atom. The summed E-state index contributed by atoms with van der Waals surface area (Å²) in [4.78, 5) is -0.405. The monoisotopic (exact) mass is 368 g/mol. The average molecular weight is 370 g/mol. The number of hydrogen-bond acceptors (Lipinski definition) is 3. The van der Waals surface area contributed by atoms with Crippen LogP contribution in [0.25, 0.3) is 0 Å². The van der Waals surface area contributed by atoms with Gasteiger partial charge in [0.15, 0.2) is 0 Å². The molecule has 0 aromatic rings. The molecule has 0 nitrogen and oxygen atoms in total. The summed E-state index contributed by atoms with van der Waals surface area (Å²) in [5.74, 6) is 0.766. The molecule has 0 radical (unpaired) electrons. The number of halogens is 3. The summed E-state index contributed by atoms with van der Waals surface area (Å²) in [7, 11) is 0. The number of thiol groups is 3. The van der Waals surface area contributed by atoms with Gasteiger partial charge in [-0.05, 0) is 32.1 Å². The van der Waals surface area contributed by atoms with E-state index >= 15 is 0 Å². The highest BCUT2D eigenvalue weighted by molar-refractivity contribution is 7.81. The van der Waals surface area contributed by atoms with E-state index in [9.17, 15) is 0 Å². The molecule has 0 rings (SSSR count). The Bertz CT molecular complexity index is 205. The second-order valence-corrected chi connectivity index (χ2v) is 8.24. The SMILES string of the molecule is CCC(S)CCC(S)C(CC(S)CCCl)C(Cl)Cl. The first kappa shape index (κ1) is 19.9. The molecule has 0 aliphatic heterocycles. The maximum Gasteiger partial charge on any atom is 0.111 e. The summed E-state index contributed by atoms with van der Waals surface area (Å²) < 4.78 is 0. The Labute approximate surface area is 143 Å². The molecule has 0 amide bonds. The van der Waals surface area contributed by atoms with Gasteiger partial charge in [0.1, 0.15) is 4.84 Å². The molecule has 0 saturated carbocycles. The molecule has 0 fully saturated rings. The molecule has 0 aliphatic carbocycles. The highest BCUT2D eigenvalue weighted by Gasteiger charge is 2.26. The van der Waals surface area contributed by atoms with Crippen LogP contribution in [-0.4, -0.2) is 26.5 Å². The van der Waals surface area contributed by atoms with Crippen molar-refractivity contribution in [2.45, 2.75) is 59.6 Å². The molecule has 0 bridgehead atoms. The van der Waals surface area contributed by atoms with Gasteiger partial charge in [0.2, 0.25) is 0 Å². The van der Waals surface area contributed by atoms with Crippen molar-refractivity contribution < 1.29 is 0 Å². The number of hydrogen-bond donors (Lipinski definition) is 3. The van der Waals surface area contributed by atoms with E-state index in [0.717, 1.165) is 32.1 Å². The van der Waals surface area contributed by atoms with Crippen LogP contribution in [0, 0.1) is 5.92 Å². The van der Waals surface area contributed by atoms with Gasteiger partial charge >= 0.3 is 0 Å². The lowest BCUT2D eigenvalue weighted by Gasteiger charge is -2.27. The first-order valence-corrected chi connectivity index (χ1v) is 9.26. The lowest BCUT2D eigenvalue weighted by molar-refractivity contribution is 0.458. The van der Waals surface area contributed by atoms with Crippen molar-refractivity contribution in [2.75, 3.05) is 5.88 Å². The predicted octanol–water partition coefficient (Wildman–Crippen LogP) is 5.51. The molecule has 4 atom stereocenters. The Morgan fingerprint density at radius 3 is 2.00 bits per heavy atom. The highest BCUT2D eigenvalue weighted by atomic mass is 35.5. The quantitative estimate of drug-likeness (QED) is 0.328. The van der Waals surface area contributed by atoms with Gasteiger partial charge in [-0.3, -0.25) is 0 Å². The van der Waals surface area contributed by atoms with Crippen LogP contribution in [0.15, 0.2) is 0 Å². The van der Waals surface area contributed by atoms with Gasteiger partial charge in [0, 0.05) is 27.5 Å². The molecule has 18 heavy (non-hydrogen) atoms. The third-order valence-electron chi connectivity index (χ3n) is 3.07. The van der Waals surface area contributed by atoms with Gasteiger partial charge in [0.25, 0.3) is 0 Å². The molecule has 0 aliphatic rings. The first-order chi connectivity index (χ1) is 8.42. The van der Waals surface area contributed by atoms with E-state index in [1.165, 1.54) is 0 Å². The van der Waals surface area contributed by atoms with Crippen molar-refractivity contribution in [3.05, 3.63) is 0 Å². The first-order valence-electron chi connectivity index (χ1n) is 6.30. The molecule has 0 heterocycles. The van der Waals surface area contributed by atoms with Gasteiger partial charge < -0.3 is 0 Å². The predicted molar refractivity (Wildman–Crippen MR) is 96.8 cm³/mol. The fourth-order valence-electron chi connectivity index (χ4n) is 1.77. The van der Waals surface area contributed by atoms with Crippen LogP contribution in [0.3, 0.4) is 0 Å². The normalized spacial score (nSPS) is 18.7. The van der Waals surface area contributed by atoms with Crippen molar-refractivity contribution in [2.24, 2.45) is 5.92 Å². The van der Waals surface area contributed by atoms with E-state index in [-0.39, 0.29) is 16.4 Å². The van der Waals surface area contributed by atoms with Gasteiger partial charge in [-0.1, -0.05) is 6.92 Å². The molecule has 0 aromatic heterocycles. The molecule has 110 valence electrons. The summed E-state index contributed by atoms with van der Waals surface area (Å²) in [6.45, 7) is 2.14. The molecular formula is C12H23Cl3S3. The summed E-state index contributed by atoms with van der Waals surface area (Å²) in [6.07, 6.45) is 4.81. The van der Waals surface area contributed by atoms with Crippen LogP contribution in [0.2, 0.25) is 0 Å². The van der Waals surface area contributed by atoms with E-state index in [2.05, 4.69) is 44.8 Å². The zero-order valence-corrected chi connectivity index (χ0v) is 15.6. The van der Waals surface area contributed by atoms with Crippen molar-refractivity contribution >= 4 is 72.7 Å². The zero-order chi connectivity index (χ0) is 14.1. The summed E-state index contributed by atoms with van der Waals surface area (Å²) >= 11 is 31.5. The lowest BCUT2D eigenvalue weighted by atomic mass is 9.95. The molecule has 0 N–H and O–H groups in total. The molecule has 0 saturated heterocycles. The minimum absolute atomic E-state index is 0.153. The third-order valence-corrected chi connectivity index (χ3v) is 5.67. The standard InChI is InChI=1S/C12H23Cl3S3/c1-2-8(16)3-4-11(18)10(12(14)15)7-9(17)5-6-13/h8-12,16-18H,2-7H2,1H3. The van der Waals surface area contributed by atoms with E-state index in [1.54, 1.807) is 0 Å². The van der Waals surface area contributed by atoms with Gasteiger partial charge in [0.05, 0.1) is 0 Å². The van der Waals surface area contributed by atoms with Crippen LogP contribution >= 0.6 is 72.7 Å². The Morgan fingerprint density at radius 2 is 1.56 bits per heavy atom. The Balaban J connectivity index is 4.22. The van der Waals surface area contributed by atoms with Crippen molar-refractivity contribution in [1.82, 2.24) is 0 Å². The minimum atomic E-state index is -0.405. The van der Waals surface area contributed by atoms with E-state index in [0.29, 0.717) is 11.1 Å². The summed E-state index contributed by atoms with van der Waals surface area (Å²) in [5.41, 5.74) is 0. The van der Waals surface area contributed by atoms with Crippen molar-refractivity contribution in [3.63, 3.8) is 0 Å². The van der Waals surface area contributed by atoms with Gasteiger partial charge in [-0.25, -0.2) is 0 Å². The van der Waals surface area contributed by atoms with Crippen LogP contribution < -0.4 is 0 Å². The highest BCUT2D eigenvalue weighted by Crippen LogP contribution is 2.32. The average Bonchev–Trinajstić information content (AvgIpc) is 2.32. The Kier molecular flexibility index (Phi) is 12.8. The zero-order valence-electron chi connectivity index (χ0n) is 10.6. The molecular weight excluding hydrogens is 347 g/mol. The maximum atomic E-state index is 6.06. The number of rotatable bonds is 10. The summed E-state index contributed by atoms with van der Waals surface area (Å²) in [5, 5.41) is 0.857. The number of alkyl halides is 3. The third kappa shape index (κ3) is 8.97. The largest absolute Gasteiger partial charge is 0.176 e. The maximum absolute atomic E-state index is 6.06. The second kappa shape index (κ2) is 11.6. The molecule has 6 heteroatoms. The summed E-state index contributed by atoms with van der Waals surface area (Å²) in [6, 6.07) is 0. The lowest BCUT2D eigenvalue weighted by Crippen LogP contribution is -2.26. The smallest absolute Gasteiger partial charge is 0.111 e. The van der Waals surface area contributed by atoms with Crippen LogP contribution in [0.1, 0.15) is 39.0 Å². The molecule has 4 unspecified atom stereocenters. The van der Waals surface area contributed by atoms with E-state index in [1.807, 2.05) is 0 Å². The minimum Gasteiger partial charge on any atom is -0.176 e.